The molecule has 0 unspecified atom stereocenters. The zero-order chi connectivity index (χ0) is 11.5. The van der Waals surface area contributed by atoms with Gasteiger partial charge < -0.3 is 5.32 Å². The first kappa shape index (κ1) is 13.9. The summed E-state index contributed by atoms with van der Waals surface area (Å²) < 4.78 is 0. The minimum atomic E-state index is 0. The average molecular weight is 267 g/mol. The van der Waals surface area contributed by atoms with Gasteiger partial charge >= 0.3 is 0 Å². The third-order valence-corrected chi connectivity index (χ3v) is 4.22. The molecule has 2 aliphatic heterocycles. The Kier molecular flexibility index (Phi) is 5.04. The topological polar surface area (TPSA) is 15.3 Å². The van der Waals surface area contributed by atoms with Gasteiger partial charge in [0.1, 0.15) is 0 Å². The Hall–Kier alpha value is -0.570. The van der Waals surface area contributed by atoms with Crippen LogP contribution in [0.1, 0.15) is 30.4 Å². The summed E-state index contributed by atoms with van der Waals surface area (Å²) in [6, 6.07) is 8.88. The van der Waals surface area contributed by atoms with Crippen molar-refractivity contribution in [1.82, 2.24) is 10.2 Å². The molecule has 3 heteroatoms. The van der Waals surface area contributed by atoms with E-state index < -0.39 is 0 Å². The molecule has 3 rings (SSSR count). The molecule has 100 valence electrons. The van der Waals surface area contributed by atoms with Gasteiger partial charge in [-0.1, -0.05) is 24.3 Å². The fraction of sp³-hybridized carbons (Fsp3) is 0.600. The van der Waals surface area contributed by atoms with E-state index in [1.165, 1.54) is 63.1 Å². The highest BCUT2D eigenvalue weighted by atomic mass is 35.5. The minimum Gasteiger partial charge on any atom is -0.317 e. The number of fused-ring (bicyclic) bond motifs is 1. The Balaban J connectivity index is 0.00000120. The lowest BCUT2D eigenvalue weighted by Gasteiger charge is -2.24. The zero-order valence-electron chi connectivity index (χ0n) is 10.9. The Labute approximate surface area is 116 Å². The molecule has 0 aliphatic carbocycles. The summed E-state index contributed by atoms with van der Waals surface area (Å²) >= 11 is 0. The van der Waals surface area contributed by atoms with Gasteiger partial charge in [-0.2, -0.15) is 0 Å². The number of nitrogens with zero attached hydrogens (tertiary/aromatic N) is 1. The van der Waals surface area contributed by atoms with Gasteiger partial charge in [0.25, 0.3) is 0 Å². The summed E-state index contributed by atoms with van der Waals surface area (Å²) in [4.78, 5) is 2.60. The second kappa shape index (κ2) is 6.55. The number of nitrogens with one attached hydrogen (secondary N) is 1. The van der Waals surface area contributed by atoms with Gasteiger partial charge in [-0.05, 0) is 55.9 Å². The quantitative estimate of drug-likeness (QED) is 0.905. The van der Waals surface area contributed by atoms with Crippen LogP contribution in [-0.2, 0) is 13.1 Å². The van der Waals surface area contributed by atoms with E-state index in [0.717, 1.165) is 5.92 Å². The molecule has 1 N–H and O–H groups in total. The van der Waals surface area contributed by atoms with Gasteiger partial charge in [0, 0.05) is 13.1 Å². The van der Waals surface area contributed by atoms with Gasteiger partial charge in [0.05, 0.1) is 0 Å². The molecule has 1 aromatic rings. The fourth-order valence-corrected chi connectivity index (χ4v) is 3.10. The summed E-state index contributed by atoms with van der Waals surface area (Å²) in [5.41, 5.74) is 3.08. The molecular formula is C15H23ClN2. The maximum atomic E-state index is 3.44. The van der Waals surface area contributed by atoms with Gasteiger partial charge in [0.15, 0.2) is 0 Å². The van der Waals surface area contributed by atoms with E-state index in [0.29, 0.717) is 0 Å². The molecule has 2 heterocycles. The SMILES string of the molecule is Cl.c1ccc2c(c1)CN(CCC1CCNCC1)C2. The van der Waals surface area contributed by atoms with Crippen LogP contribution in [0.2, 0.25) is 0 Å². The van der Waals surface area contributed by atoms with E-state index in [-0.39, 0.29) is 12.4 Å². The van der Waals surface area contributed by atoms with E-state index in [9.17, 15) is 0 Å². The maximum absolute atomic E-state index is 3.44. The van der Waals surface area contributed by atoms with Crippen LogP contribution in [0, 0.1) is 5.92 Å². The number of rotatable bonds is 3. The van der Waals surface area contributed by atoms with Crippen molar-refractivity contribution in [2.45, 2.75) is 32.4 Å². The molecule has 2 nitrogen and oxygen atoms in total. The highest BCUT2D eigenvalue weighted by Crippen LogP contribution is 2.24. The molecule has 0 spiro atoms. The second-order valence-electron chi connectivity index (χ2n) is 5.46. The Morgan fingerprint density at radius 3 is 2.28 bits per heavy atom. The standard InChI is InChI=1S/C15H22N2.ClH/c1-2-4-15-12-17(11-14(15)3-1)10-7-13-5-8-16-9-6-13;/h1-4,13,16H,5-12H2;1H. The lowest BCUT2D eigenvalue weighted by molar-refractivity contribution is 0.240. The van der Waals surface area contributed by atoms with Crippen molar-refractivity contribution in [2.24, 2.45) is 5.92 Å². The monoisotopic (exact) mass is 266 g/mol. The highest BCUT2D eigenvalue weighted by molar-refractivity contribution is 5.85. The van der Waals surface area contributed by atoms with Crippen molar-refractivity contribution < 1.29 is 0 Å². The first-order valence-electron chi connectivity index (χ1n) is 6.91. The molecule has 0 bridgehead atoms. The predicted octanol–water partition coefficient (Wildman–Crippen LogP) is 2.81. The summed E-state index contributed by atoms with van der Waals surface area (Å²) in [6.45, 7) is 6.07. The van der Waals surface area contributed by atoms with Crippen LogP contribution in [0.3, 0.4) is 0 Å². The minimum absolute atomic E-state index is 0. The second-order valence-corrected chi connectivity index (χ2v) is 5.46. The Morgan fingerprint density at radius 1 is 1.06 bits per heavy atom. The van der Waals surface area contributed by atoms with Gasteiger partial charge in [0.2, 0.25) is 0 Å². The molecule has 0 radical (unpaired) electrons. The van der Waals surface area contributed by atoms with Crippen molar-refractivity contribution in [3.8, 4) is 0 Å². The van der Waals surface area contributed by atoms with Crippen LogP contribution in [0.5, 0.6) is 0 Å². The van der Waals surface area contributed by atoms with E-state index in [1.54, 1.807) is 0 Å². The maximum Gasteiger partial charge on any atom is 0.0240 e. The van der Waals surface area contributed by atoms with E-state index >= 15 is 0 Å². The number of piperidine rings is 1. The summed E-state index contributed by atoms with van der Waals surface area (Å²) in [6.07, 6.45) is 4.14. The average Bonchev–Trinajstić information content (AvgIpc) is 2.80. The molecule has 18 heavy (non-hydrogen) atoms. The molecule has 2 aliphatic rings. The Bertz CT molecular complexity index is 350. The first-order chi connectivity index (χ1) is 8.42. The molecule has 0 saturated carbocycles. The fourth-order valence-electron chi connectivity index (χ4n) is 3.10. The van der Waals surface area contributed by atoms with Crippen LogP contribution < -0.4 is 5.32 Å². The van der Waals surface area contributed by atoms with Gasteiger partial charge in [-0.15, -0.1) is 12.4 Å². The van der Waals surface area contributed by atoms with E-state index in [1.807, 2.05) is 0 Å². The largest absolute Gasteiger partial charge is 0.317 e. The normalized spacial score (nSPS) is 20.4. The van der Waals surface area contributed by atoms with Crippen LogP contribution >= 0.6 is 12.4 Å². The summed E-state index contributed by atoms with van der Waals surface area (Å²) in [5.74, 6) is 0.958. The van der Waals surface area contributed by atoms with Crippen LogP contribution in [0.4, 0.5) is 0 Å². The van der Waals surface area contributed by atoms with Crippen LogP contribution in [-0.4, -0.2) is 24.5 Å². The number of hydrogen-bond donors (Lipinski definition) is 1. The van der Waals surface area contributed by atoms with Crippen molar-refractivity contribution in [2.75, 3.05) is 19.6 Å². The molecule has 0 aromatic heterocycles. The van der Waals surface area contributed by atoms with Crippen LogP contribution in [0.25, 0.3) is 0 Å². The van der Waals surface area contributed by atoms with E-state index in [4.69, 9.17) is 0 Å². The third kappa shape index (κ3) is 3.25. The summed E-state index contributed by atoms with van der Waals surface area (Å²) in [5, 5.41) is 3.44. The van der Waals surface area contributed by atoms with Crippen molar-refractivity contribution in [3.63, 3.8) is 0 Å². The first-order valence-corrected chi connectivity index (χ1v) is 6.91. The highest BCUT2D eigenvalue weighted by Gasteiger charge is 2.20. The number of hydrogen-bond acceptors (Lipinski definition) is 2. The molecular weight excluding hydrogens is 244 g/mol. The van der Waals surface area contributed by atoms with Gasteiger partial charge in [-0.3, -0.25) is 4.90 Å². The van der Waals surface area contributed by atoms with Crippen molar-refractivity contribution in [3.05, 3.63) is 35.4 Å². The molecule has 0 amide bonds. The van der Waals surface area contributed by atoms with Crippen molar-refractivity contribution in [1.29, 1.82) is 0 Å². The molecule has 1 aromatic carbocycles. The third-order valence-electron chi connectivity index (χ3n) is 4.22. The van der Waals surface area contributed by atoms with Crippen LogP contribution in [0.15, 0.2) is 24.3 Å². The number of halogens is 1. The zero-order valence-corrected chi connectivity index (χ0v) is 11.7. The van der Waals surface area contributed by atoms with Gasteiger partial charge in [-0.25, -0.2) is 0 Å². The van der Waals surface area contributed by atoms with Crippen molar-refractivity contribution >= 4 is 12.4 Å². The molecule has 1 saturated heterocycles. The predicted molar refractivity (Wildman–Crippen MR) is 78.0 cm³/mol. The lowest BCUT2D eigenvalue weighted by atomic mass is 9.94. The lowest BCUT2D eigenvalue weighted by Crippen LogP contribution is -2.30. The smallest absolute Gasteiger partial charge is 0.0240 e. The molecule has 1 fully saturated rings. The number of benzene rings is 1. The van der Waals surface area contributed by atoms with E-state index in [2.05, 4.69) is 34.5 Å². The Morgan fingerprint density at radius 2 is 1.67 bits per heavy atom. The summed E-state index contributed by atoms with van der Waals surface area (Å²) in [7, 11) is 0. The molecule has 0 atom stereocenters.